The topological polar surface area (TPSA) is 57.4 Å². The first kappa shape index (κ1) is 17.3. The molecule has 4 aromatic rings. The highest BCUT2D eigenvalue weighted by Crippen LogP contribution is 2.25. The molecule has 0 aliphatic rings. The van der Waals surface area contributed by atoms with E-state index in [0.717, 1.165) is 10.0 Å². The van der Waals surface area contributed by atoms with Crippen molar-refractivity contribution >= 4 is 15.9 Å². The summed E-state index contributed by atoms with van der Waals surface area (Å²) in [6.45, 7) is 0.247. The maximum absolute atomic E-state index is 5.76. The van der Waals surface area contributed by atoms with Crippen molar-refractivity contribution < 1.29 is 13.9 Å². The molecule has 0 N–H and O–H groups in total. The van der Waals surface area contributed by atoms with Gasteiger partial charge in [-0.05, 0) is 48.5 Å². The van der Waals surface area contributed by atoms with E-state index >= 15 is 0 Å². The number of rotatable bonds is 6. The van der Waals surface area contributed by atoms with Crippen LogP contribution in [0, 0.1) is 0 Å². The molecule has 0 spiro atoms. The first-order chi connectivity index (χ1) is 13.3. The van der Waals surface area contributed by atoms with Crippen LogP contribution in [0.5, 0.6) is 17.2 Å². The summed E-state index contributed by atoms with van der Waals surface area (Å²) in [5.41, 5.74) is 0.958. The molecule has 0 saturated carbocycles. The molecule has 6 heteroatoms. The second-order valence-electron chi connectivity index (χ2n) is 5.68. The number of hydrogen-bond acceptors (Lipinski definition) is 5. The monoisotopic (exact) mass is 422 g/mol. The van der Waals surface area contributed by atoms with E-state index in [-0.39, 0.29) is 6.61 Å². The van der Waals surface area contributed by atoms with Crippen LogP contribution in [0.15, 0.2) is 88.1 Å². The lowest BCUT2D eigenvalue weighted by Gasteiger charge is -2.07. The molecular weight excluding hydrogens is 408 g/mol. The van der Waals surface area contributed by atoms with Crippen LogP contribution in [0.1, 0.15) is 5.89 Å². The van der Waals surface area contributed by atoms with Crippen LogP contribution < -0.4 is 9.47 Å². The second-order valence-corrected chi connectivity index (χ2v) is 6.60. The van der Waals surface area contributed by atoms with Crippen molar-refractivity contribution in [3.8, 4) is 28.6 Å². The van der Waals surface area contributed by atoms with Crippen LogP contribution in [0.4, 0.5) is 0 Å². The minimum Gasteiger partial charge on any atom is -0.484 e. The van der Waals surface area contributed by atoms with Gasteiger partial charge in [-0.2, -0.15) is 0 Å². The highest BCUT2D eigenvalue weighted by molar-refractivity contribution is 9.10. The average molecular weight is 423 g/mol. The first-order valence-corrected chi connectivity index (χ1v) is 9.07. The van der Waals surface area contributed by atoms with Crippen molar-refractivity contribution in [1.82, 2.24) is 9.97 Å². The number of oxazole rings is 1. The van der Waals surface area contributed by atoms with E-state index in [1.807, 2.05) is 60.7 Å². The molecule has 2 heterocycles. The zero-order valence-electron chi connectivity index (χ0n) is 14.2. The van der Waals surface area contributed by atoms with E-state index in [0.29, 0.717) is 28.9 Å². The summed E-state index contributed by atoms with van der Waals surface area (Å²) in [7, 11) is 0. The van der Waals surface area contributed by atoms with Crippen molar-refractivity contribution in [1.29, 1.82) is 0 Å². The van der Waals surface area contributed by atoms with Crippen molar-refractivity contribution in [2.45, 2.75) is 6.61 Å². The third kappa shape index (κ3) is 4.54. The molecule has 0 radical (unpaired) electrons. The van der Waals surface area contributed by atoms with Crippen LogP contribution in [0.2, 0.25) is 0 Å². The van der Waals surface area contributed by atoms with Gasteiger partial charge in [-0.1, -0.05) is 28.1 Å². The van der Waals surface area contributed by atoms with Crippen LogP contribution in [-0.4, -0.2) is 9.97 Å². The molecule has 5 nitrogen and oxygen atoms in total. The van der Waals surface area contributed by atoms with Gasteiger partial charge in [0.2, 0.25) is 5.89 Å². The van der Waals surface area contributed by atoms with Crippen molar-refractivity contribution in [3.63, 3.8) is 0 Å². The summed E-state index contributed by atoms with van der Waals surface area (Å²) >= 11 is 3.45. The summed E-state index contributed by atoms with van der Waals surface area (Å²) in [6.07, 6.45) is 5.07. The molecule has 0 aliphatic carbocycles. The zero-order chi connectivity index (χ0) is 18.5. The van der Waals surface area contributed by atoms with Gasteiger partial charge in [0.1, 0.15) is 17.2 Å². The summed E-state index contributed by atoms with van der Waals surface area (Å²) in [5.74, 6) is 3.32. The highest BCUT2D eigenvalue weighted by Gasteiger charge is 2.08. The van der Waals surface area contributed by atoms with Gasteiger partial charge in [0.15, 0.2) is 12.4 Å². The van der Waals surface area contributed by atoms with Gasteiger partial charge in [-0.15, -0.1) is 0 Å². The smallest absolute Gasteiger partial charge is 0.232 e. The lowest BCUT2D eigenvalue weighted by Crippen LogP contribution is -1.95. The van der Waals surface area contributed by atoms with Crippen LogP contribution in [0.3, 0.4) is 0 Å². The predicted molar refractivity (Wildman–Crippen MR) is 105 cm³/mol. The zero-order valence-corrected chi connectivity index (χ0v) is 15.8. The second kappa shape index (κ2) is 8.05. The SMILES string of the molecule is Brc1cccc(-c2cnc(COc3ccc(Oc4cccnc4)cc3)o2)c1. The van der Waals surface area contributed by atoms with Gasteiger partial charge in [0, 0.05) is 16.2 Å². The number of pyridine rings is 1. The molecule has 4 rings (SSSR count). The Hall–Kier alpha value is -3.12. The number of aromatic nitrogens is 2. The third-order valence-electron chi connectivity index (χ3n) is 3.72. The summed E-state index contributed by atoms with van der Waals surface area (Å²) in [5, 5.41) is 0. The Balaban J connectivity index is 1.36. The fourth-order valence-corrected chi connectivity index (χ4v) is 2.84. The normalized spacial score (nSPS) is 10.6. The Morgan fingerprint density at radius 3 is 2.52 bits per heavy atom. The molecule has 0 fully saturated rings. The van der Waals surface area contributed by atoms with Gasteiger partial charge in [0.05, 0.1) is 12.4 Å². The molecule has 0 unspecified atom stereocenters. The Kier molecular flexibility index (Phi) is 5.16. The van der Waals surface area contributed by atoms with Crippen molar-refractivity contribution in [2.24, 2.45) is 0 Å². The number of halogens is 1. The van der Waals surface area contributed by atoms with E-state index in [4.69, 9.17) is 13.9 Å². The fraction of sp³-hybridized carbons (Fsp3) is 0.0476. The Morgan fingerprint density at radius 2 is 1.74 bits per heavy atom. The van der Waals surface area contributed by atoms with Gasteiger partial charge in [-0.25, -0.2) is 4.98 Å². The molecule has 0 atom stereocenters. The predicted octanol–water partition coefficient (Wildman–Crippen LogP) is 5.87. The Bertz CT molecular complexity index is 1020. The molecule has 0 bridgehead atoms. The van der Waals surface area contributed by atoms with Crippen molar-refractivity contribution in [2.75, 3.05) is 0 Å². The largest absolute Gasteiger partial charge is 0.484 e. The number of ether oxygens (including phenoxy) is 2. The third-order valence-corrected chi connectivity index (χ3v) is 4.21. The molecule has 0 aliphatic heterocycles. The Morgan fingerprint density at radius 1 is 0.889 bits per heavy atom. The van der Waals surface area contributed by atoms with Gasteiger partial charge in [-0.3, -0.25) is 4.98 Å². The molecular formula is C21H15BrN2O3. The van der Waals surface area contributed by atoms with Gasteiger partial charge >= 0.3 is 0 Å². The summed E-state index contributed by atoms with van der Waals surface area (Å²) < 4.78 is 18.2. The van der Waals surface area contributed by atoms with E-state index in [2.05, 4.69) is 25.9 Å². The van der Waals surface area contributed by atoms with Crippen LogP contribution in [-0.2, 0) is 6.61 Å². The average Bonchev–Trinajstić information content (AvgIpc) is 3.17. The maximum Gasteiger partial charge on any atom is 0.232 e. The number of benzene rings is 2. The van der Waals surface area contributed by atoms with Crippen LogP contribution in [0.25, 0.3) is 11.3 Å². The van der Waals surface area contributed by atoms with E-state index in [1.54, 1.807) is 18.6 Å². The summed E-state index contributed by atoms with van der Waals surface area (Å²) in [4.78, 5) is 8.29. The molecule has 2 aromatic heterocycles. The molecule has 2 aromatic carbocycles. The molecule has 0 amide bonds. The number of nitrogens with zero attached hydrogens (tertiary/aromatic N) is 2. The van der Waals surface area contributed by atoms with Crippen molar-refractivity contribution in [3.05, 3.63) is 89.6 Å². The van der Waals surface area contributed by atoms with Crippen LogP contribution >= 0.6 is 15.9 Å². The molecule has 27 heavy (non-hydrogen) atoms. The van der Waals surface area contributed by atoms with Gasteiger partial charge in [0.25, 0.3) is 0 Å². The molecule has 134 valence electrons. The van der Waals surface area contributed by atoms with E-state index in [1.165, 1.54) is 0 Å². The molecule has 0 saturated heterocycles. The van der Waals surface area contributed by atoms with Gasteiger partial charge < -0.3 is 13.9 Å². The lowest BCUT2D eigenvalue weighted by atomic mass is 10.2. The fourth-order valence-electron chi connectivity index (χ4n) is 2.44. The maximum atomic E-state index is 5.76. The standard InChI is InChI=1S/C21H15BrN2O3/c22-16-4-1-3-15(11-16)20-13-24-21(27-20)14-25-17-6-8-18(9-7-17)26-19-5-2-10-23-12-19/h1-13H,14H2. The van der Waals surface area contributed by atoms with E-state index < -0.39 is 0 Å². The van der Waals surface area contributed by atoms with E-state index in [9.17, 15) is 0 Å². The minimum absolute atomic E-state index is 0.247. The summed E-state index contributed by atoms with van der Waals surface area (Å²) in [6, 6.07) is 18.9. The first-order valence-electron chi connectivity index (χ1n) is 8.28. The number of hydrogen-bond donors (Lipinski definition) is 0. The quantitative estimate of drug-likeness (QED) is 0.388. The minimum atomic E-state index is 0.247. The Labute approximate surface area is 164 Å². The lowest BCUT2D eigenvalue weighted by molar-refractivity contribution is 0.264. The highest BCUT2D eigenvalue weighted by atomic mass is 79.9.